The smallest absolute Gasteiger partial charge is 0.335 e. The Bertz CT molecular complexity index is 1660. The summed E-state index contributed by atoms with van der Waals surface area (Å²) < 4.78 is 12.9. The molecule has 1 aliphatic rings. The lowest BCUT2D eigenvalue weighted by molar-refractivity contribution is -0.122. The molecule has 9 heteroatoms. The van der Waals surface area contributed by atoms with E-state index in [1.165, 1.54) is 11.8 Å². The van der Waals surface area contributed by atoms with Crippen LogP contribution >= 0.6 is 34.4 Å². The molecule has 5 rings (SSSR count). The number of hydrogen-bond acceptors (Lipinski definition) is 6. The Morgan fingerprint density at radius 1 is 0.930 bits per heavy atom. The van der Waals surface area contributed by atoms with Crippen molar-refractivity contribution in [1.82, 2.24) is 4.90 Å². The van der Waals surface area contributed by atoms with Crippen LogP contribution in [0, 0.1) is 3.57 Å². The summed E-state index contributed by atoms with van der Waals surface area (Å²) >= 11 is 3.58. The number of thioether (sulfide) groups is 1. The van der Waals surface area contributed by atoms with Gasteiger partial charge in [-0.15, -0.1) is 0 Å². The van der Waals surface area contributed by atoms with E-state index in [0.717, 1.165) is 25.8 Å². The SMILES string of the molecule is CCOc1cc(/C=C2/SC(=NCc3ccccc3)N(Cc3ccccc3)C2=O)cc(I)c1OCc1ccc(C(=O)O)cc1. The maximum Gasteiger partial charge on any atom is 0.335 e. The topological polar surface area (TPSA) is 88.4 Å². The minimum atomic E-state index is -0.970. The zero-order chi connectivity index (χ0) is 30.2. The monoisotopic (exact) mass is 704 g/mol. The number of carboxylic acids is 1. The molecule has 1 fully saturated rings. The number of amides is 1. The van der Waals surface area contributed by atoms with Crippen LogP contribution in [0.5, 0.6) is 11.5 Å². The molecule has 4 aromatic rings. The molecule has 218 valence electrons. The minimum Gasteiger partial charge on any atom is -0.490 e. The molecule has 1 saturated heterocycles. The highest BCUT2D eigenvalue weighted by molar-refractivity contribution is 14.1. The van der Waals surface area contributed by atoms with Gasteiger partial charge in [0, 0.05) is 0 Å². The normalized spacial score (nSPS) is 14.8. The van der Waals surface area contributed by atoms with E-state index in [1.807, 2.05) is 85.8 Å². The van der Waals surface area contributed by atoms with Crippen molar-refractivity contribution >= 4 is 57.5 Å². The highest BCUT2D eigenvalue weighted by Gasteiger charge is 2.33. The van der Waals surface area contributed by atoms with Gasteiger partial charge in [-0.05, 0) is 93.9 Å². The number of carbonyl (C=O) groups excluding carboxylic acids is 1. The lowest BCUT2D eigenvalue weighted by atomic mass is 10.1. The predicted molar refractivity (Wildman–Crippen MR) is 178 cm³/mol. The average Bonchev–Trinajstić information content (AvgIpc) is 3.30. The molecule has 1 amide bonds. The summed E-state index contributed by atoms with van der Waals surface area (Å²) in [5.41, 5.74) is 3.97. The van der Waals surface area contributed by atoms with E-state index in [2.05, 4.69) is 22.6 Å². The van der Waals surface area contributed by atoms with Crippen molar-refractivity contribution in [3.05, 3.63) is 133 Å². The van der Waals surface area contributed by atoms with E-state index in [1.54, 1.807) is 29.2 Å². The lowest BCUT2D eigenvalue weighted by Gasteiger charge is -2.16. The summed E-state index contributed by atoms with van der Waals surface area (Å²) in [5.74, 6) is 0.0897. The minimum absolute atomic E-state index is 0.0984. The highest BCUT2D eigenvalue weighted by Crippen LogP contribution is 2.38. The number of benzene rings is 4. The van der Waals surface area contributed by atoms with Crippen molar-refractivity contribution in [3.8, 4) is 11.5 Å². The summed E-state index contributed by atoms with van der Waals surface area (Å²) in [5, 5.41) is 9.81. The van der Waals surface area contributed by atoms with Crippen molar-refractivity contribution < 1.29 is 24.2 Å². The number of carbonyl (C=O) groups is 2. The van der Waals surface area contributed by atoms with Gasteiger partial charge in [0.15, 0.2) is 16.7 Å². The van der Waals surface area contributed by atoms with E-state index < -0.39 is 5.97 Å². The number of ether oxygens (including phenoxy) is 2. The Balaban J connectivity index is 1.40. The van der Waals surface area contributed by atoms with Gasteiger partial charge in [-0.2, -0.15) is 0 Å². The van der Waals surface area contributed by atoms with Crippen LogP contribution in [-0.2, 0) is 24.5 Å². The number of hydrogen-bond donors (Lipinski definition) is 1. The molecule has 0 atom stereocenters. The molecule has 1 heterocycles. The van der Waals surface area contributed by atoms with Crippen LogP contribution in [0.1, 0.15) is 39.5 Å². The van der Waals surface area contributed by atoms with Gasteiger partial charge in [-0.1, -0.05) is 72.8 Å². The summed E-state index contributed by atoms with van der Waals surface area (Å²) in [4.78, 5) is 32.0. The molecule has 1 N–H and O–H groups in total. The predicted octanol–water partition coefficient (Wildman–Crippen LogP) is 7.64. The maximum absolute atomic E-state index is 13.7. The van der Waals surface area contributed by atoms with Gasteiger partial charge in [-0.25, -0.2) is 4.79 Å². The van der Waals surface area contributed by atoms with E-state index in [4.69, 9.17) is 19.6 Å². The molecule has 7 nitrogen and oxygen atoms in total. The van der Waals surface area contributed by atoms with Gasteiger partial charge in [0.05, 0.1) is 33.7 Å². The summed E-state index contributed by atoms with van der Waals surface area (Å²) in [6, 6.07) is 30.3. The first-order valence-electron chi connectivity index (χ1n) is 13.7. The van der Waals surface area contributed by atoms with Crippen molar-refractivity contribution in [2.45, 2.75) is 26.6 Å². The average molecular weight is 705 g/mol. The van der Waals surface area contributed by atoms with Crippen LogP contribution in [0.4, 0.5) is 0 Å². The van der Waals surface area contributed by atoms with E-state index >= 15 is 0 Å². The third kappa shape index (κ3) is 7.85. The molecule has 0 spiro atoms. The van der Waals surface area contributed by atoms with Crippen LogP contribution in [0.3, 0.4) is 0 Å². The largest absolute Gasteiger partial charge is 0.490 e. The molecule has 0 radical (unpaired) electrons. The number of aliphatic imine (C=N–C) groups is 1. The van der Waals surface area contributed by atoms with Crippen LogP contribution in [0.25, 0.3) is 6.08 Å². The number of rotatable bonds is 11. The van der Waals surface area contributed by atoms with Crippen LogP contribution < -0.4 is 9.47 Å². The number of amidine groups is 1. The first kappa shape index (κ1) is 30.4. The fraction of sp³-hybridized carbons (Fsp3) is 0.147. The van der Waals surface area contributed by atoms with Gasteiger partial charge in [-0.3, -0.25) is 14.7 Å². The van der Waals surface area contributed by atoms with Gasteiger partial charge in [0.2, 0.25) is 0 Å². The van der Waals surface area contributed by atoms with Crippen LogP contribution in [-0.4, -0.2) is 33.7 Å². The van der Waals surface area contributed by atoms with Crippen LogP contribution in [0.15, 0.2) is 107 Å². The molecule has 4 aromatic carbocycles. The van der Waals surface area contributed by atoms with E-state index in [-0.39, 0.29) is 18.1 Å². The zero-order valence-corrected chi connectivity index (χ0v) is 26.4. The molecular weight excluding hydrogens is 675 g/mol. The fourth-order valence-corrected chi connectivity index (χ4v) is 6.16. The molecule has 43 heavy (non-hydrogen) atoms. The Morgan fingerprint density at radius 2 is 1.60 bits per heavy atom. The van der Waals surface area contributed by atoms with Crippen molar-refractivity contribution in [2.75, 3.05) is 6.61 Å². The highest BCUT2D eigenvalue weighted by atomic mass is 127. The number of nitrogens with zero attached hydrogens (tertiary/aromatic N) is 2. The third-order valence-electron chi connectivity index (χ3n) is 6.52. The second-order valence-electron chi connectivity index (χ2n) is 9.63. The molecule has 0 aliphatic carbocycles. The summed E-state index contributed by atoms with van der Waals surface area (Å²) in [6.07, 6.45) is 1.87. The second-order valence-corrected chi connectivity index (χ2v) is 11.8. The van der Waals surface area contributed by atoms with Crippen molar-refractivity contribution in [1.29, 1.82) is 0 Å². The molecule has 0 bridgehead atoms. The molecule has 0 saturated carbocycles. The number of halogens is 1. The van der Waals surface area contributed by atoms with Crippen molar-refractivity contribution in [3.63, 3.8) is 0 Å². The van der Waals surface area contributed by atoms with E-state index in [9.17, 15) is 9.59 Å². The van der Waals surface area contributed by atoms with Gasteiger partial charge in [0.1, 0.15) is 6.61 Å². The number of aromatic carboxylic acids is 1. The summed E-state index contributed by atoms with van der Waals surface area (Å²) in [7, 11) is 0. The lowest BCUT2D eigenvalue weighted by Crippen LogP contribution is -2.28. The Labute approximate surface area is 268 Å². The Hall–Kier alpha value is -4.09. The summed E-state index contributed by atoms with van der Waals surface area (Å²) in [6.45, 7) is 3.50. The van der Waals surface area contributed by atoms with Crippen LogP contribution in [0.2, 0.25) is 0 Å². The quantitative estimate of drug-likeness (QED) is 0.128. The van der Waals surface area contributed by atoms with Gasteiger partial charge in [0.25, 0.3) is 5.91 Å². The van der Waals surface area contributed by atoms with Gasteiger partial charge < -0.3 is 14.6 Å². The molecule has 1 aliphatic heterocycles. The Morgan fingerprint density at radius 3 is 2.26 bits per heavy atom. The third-order valence-corrected chi connectivity index (χ3v) is 8.37. The second kappa shape index (κ2) is 14.4. The van der Waals surface area contributed by atoms with Gasteiger partial charge >= 0.3 is 5.97 Å². The van der Waals surface area contributed by atoms with Crippen molar-refractivity contribution in [2.24, 2.45) is 4.99 Å². The number of carboxylic acid groups (broad SMARTS) is 1. The standard InChI is InChI=1S/C34H29IN2O5S/c1-2-41-29-18-26(17-28(35)31(29)42-22-25-13-15-27(16-14-25)33(39)40)19-30-32(38)37(21-24-11-7-4-8-12-24)34(43-30)36-20-23-9-5-3-6-10-23/h3-19H,2,20-22H2,1H3,(H,39,40)/b30-19+,36-34?. The first-order chi connectivity index (χ1) is 20.9. The Kier molecular flexibility index (Phi) is 10.2. The molecule has 0 unspecified atom stereocenters. The zero-order valence-electron chi connectivity index (χ0n) is 23.4. The maximum atomic E-state index is 13.7. The first-order valence-corrected chi connectivity index (χ1v) is 15.6. The molecule has 0 aromatic heterocycles. The molecular formula is C34H29IN2O5S. The van der Waals surface area contributed by atoms with E-state index in [0.29, 0.717) is 41.3 Å². The fourth-order valence-electron chi connectivity index (χ4n) is 4.40.